The summed E-state index contributed by atoms with van der Waals surface area (Å²) in [5, 5.41) is 9.48. The van der Waals surface area contributed by atoms with Gasteiger partial charge >= 0.3 is 0 Å². The van der Waals surface area contributed by atoms with Crippen molar-refractivity contribution in [2.75, 3.05) is 32.0 Å². The summed E-state index contributed by atoms with van der Waals surface area (Å²) in [4.78, 5) is 23.4. The Hall–Kier alpha value is -3.45. The van der Waals surface area contributed by atoms with Crippen LogP contribution in [-0.4, -0.2) is 52.2 Å². The van der Waals surface area contributed by atoms with E-state index >= 15 is 0 Å². The van der Waals surface area contributed by atoms with E-state index in [4.69, 9.17) is 10.5 Å². The number of ether oxygens (including phenoxy) is 1. The van der Waals surface area contributed by atoms with E-state index in [1.807, 2.05) is 18.2 Å². The second-order valence-corrected chi connectivity index (χ2v) is 6.52. The fraction of sp³-hybridized carbons (Fsp3) is 0.190. The maximum Gasteiger partial charge on any atom is 0.254 e. The quantitative estimate of drug-likeness (QED) is 0.728. The zero-order valence-electron chi connectivity index (χ0n) is 15.2. The van der Waals surface area contributed by atoms with Crippen LogP contribution in [0.5, 0.6) is 5.75 Å². The van der Waals surface area contributed by atoms with Crippen LogP contribution in [0.1, 0.15) is 10.4 Å². The van der Waals surface area contributed by atoms with Crippen LogP contribution >= 0.6 is 0 Å². The molecule has 1 aliphatic heterocycles. The smallest absolute Gasteiger partial charge is 0.254 e. The number of carbonyl (C=O) groups excluding carboxylic acids is 1. The molecule has 2 heterocycles. The average molecular weight is 376 g/mol. The molecule has 1 amide bonds. The highest BCUT2D eigenvalue weighted by atomic mass is 16.5. The number of aromatic nitrogens is 2. The first kappa shape index (κ1) is 17.9. The Labute approximate surface area is 162 Å². The lowest BCUT2D eigenvalue weighted by atomic mass is 10.1. The van der Waals surface area contributed by atoms with E-state index in [0.29, 0.717) is 49.1 Å². The molecule has 1 aromatic heterocycles. The van der Waals surface area contributed by atoms with E-state index in [9.17, 15) is 9.90 Å². The van der Waals surface area contributed by atoms with Gasteiger partial charge in [-0.2, -0.15) is 0 Å². The molecule has 28 heavy (non-hydrogen) atoms. The molecular weight excluding hydrogens is 356 g/mol. The number of rotatable bonds is 3. The number of benzene rings is 2. The predicted molar refractivity (Wildman–Crippen MR) is 106 cm³/mol. The van der Waals surface area contributed by atoms with Crippen LogP contribution in [0.15, 0.2) is 54.7 Å². The fourth-order valence-corrected chi connectivity index (χ4v) is 3.13. The Bertz CT molecular complexity index is 999. The van der Waals surface area contributed by atoms with E-state index in [-0.39, 0.29) is 11.7 Å². The molecular formula is C21H20N4O3. The minimum atomic E-state index is -0.0210. The Morgan fingerprint density at radius 2 is 1.82 bits per heavy atom. The second kappa shape index (κ2) is 7.66. The van der Waals surface area contributed by atoms with Gasteiger partial charge in [0.05, 0.1) is 25.1 Å². The van der Waals surface area contributed by atoms with Gasteiger partial charge in [0.1, 0.15) is 17.3 Å². The van der Waals surface area contributed by atoms with E-state index in [0.717, 1.165) is 11.1 Å². The van der Waals surface area contributed by atoms with Crippen molar-refractivity contribution in [3.05, 3.63) is 60.3 Å². The monoisotopic (exact) mass is 376 g/mol. The molecule has 0 aliphatic carbocycles. The number of hydrogen-bond donors (Lipinski definition) is 2. The third-order valence-corrected chi connectivity index (χ3v) is 4.65. The summed E-state index contributed by atoms with van der Waals surface area (Å²) >= 11 is 0. The number of nitrogen functional groups attached to an aromatic ring is 1. The number of morpholine rings is 1. The molecule has 0 unspecified atom stereocenters. The second-order valence-electron chi connectivity index (χ2n) is 6.52. The molecule has 1 fully saturated rings. The van der Waals surface area contributed by atoms with Crippen molar-refractivity contribution >= 4 is 11.7 Å². The van der Waals surface area contributed by atoms with Gasteiger partial charge in [0.2, 0.25) is 0 Å². The van der Waals surface area contributed by atoms with Crippen LogP contribution in [0.2, 0.25) is 0 Å². The highest BCUT2D eigenvalue weighted by molar-refractivity contribution is 5.95. The third-order valence-electron chi connectivity index (χ3n) is 4.65. The van der Waals surface area contributed by atoms with E-state index in [1.165, 1.54) is 0 Å². The van der Waals surface area contributed by atoms with Gasteiger partial charge in [-0.25, -0.2) is 9.97 Å². The first-order valence-electron chi connectivity index (χ1n) is 9.01. The molecule has 0 atom stereocenters. The number of hydrogen-bond acceptors (Lipinski definition) is 6. The van der Waals surface area contributed by atoms with Crippen LogP contribution < -0.4 is 5.73 Å². The van der Waals surface area contributed by atoms with Crippen molar-refractivity contribution < 1.29 is 14.6 Å². The Morgan fingerprint density at radius 3 is 2.57 bits per heavy atom. The van der Waals surface area contributed by atoms with Crippen LogP contribution in [0.4, 0.5) is 5.82 Å². The third kappa shape index (κ3) is 3.65. The van der Waals surface area contributed by atoms with Gasteiger partial charge in [0.15, 0.2) is 0 Å². The lowest BCUT2D eigenvalue weighted by Crippen LogP contribution is -2.40. The SMILES string of the molecule is Nc1ncc(-c2cccc(C(=O)N3CCOCC3)c2)nc1-c1ccc(O)cc1. The van der Waals surface area contributed by atoms with E-state index in [1.54, 1.807) is 41.4 Å². The van der Waals surface area contributed by atoms with Gasteiger partial charge < -0.3 is 20.5 Å². The summed E-state index contributed by atoms with van der Waals surface area (Å²) in [6, 6.07) is 14.0. The Balaban J connectivity index is 1.67. The highest BCUT2D eigenvalue weighted by Crippen LogP contribution is 2.27. The predicted octanol–water partition coefficient (Wildman–Crippen LogP) is 2.57. The van der Waals surface area contributed by atoms with E-state index < -0.39 is 0 Å². The van der Waals surface area contributed by atoms with Crippen LogP contribution in [-0.2, 0) is 4.74 Å². The van der Waals surface area contributed by atoms with Gasteiger partial charge in [-0.1, -0.05) is 12.1 Å². The summed E-state index contributed by atoms with van der Waals surface area (Å²) < 4.78 is 5.31. The topological polar surface area (TPSA) is 102 Å². The normalized spacial score (nSPS) is 14.1. The zero-order valence-corrected chi connectivity index (χ0v) is 15.2. The summed E-state index contributed by atoms with van der Waals surface area (Å²) in [5.41, 5.74) is 9.29. The molecule has 0 radical (unpaired) electrons. The van der Waals surface area contributed by atoms with Crippen LogP contribution in [0.25, 0.3) is 22.5 Å². The first-order chi connectivity index (χ1) is 13.6. The molecule has 3 N–H and O–H groups in total. The number of aromatic hydroxyl groups is 1. The Kier molecular flexibility index (Phi) is 4.90. The fourth-order valence-electron chi connectivity index (χ4n) is 3.13. The van der Waals surface area contributed by atoms with Gasteiger partial charge in [-0.15, -0.1) is 0 Å². The van der Waals surface area contributed by atoms with Crippen molar-refractivity contribution in [2.24, 2.45) is 0 Å². The number of nitrogens with two attached hydrogens (primary N) is 1. The number of phenols is 1. The molecule has 3 aromatic rings. The molecule has 1 saturated heterocycles. The number of nitrogens with zero attached hydrogens (tertiary/aromatic N) is 3. The molecule has 7 heteroatoms. The molecule has 0 saturated carbocycles. The number of anilines is 1. The van der Waals surface area contributed by atoms with Crippen molar-refractivity contribution in [1.29, 1.82) is 0 Å². The zero-order chi connectivity index (χ0) is 19.5. The molecule has 2 aromatic carbocycles. The number of carbonyl (C=O) groups is 1. The summed E-state index contributed by atoms with van der Waals surface area (Å²) in [6.07, 6.45) is 1.59. The van der Waals surface area contributed by atoms with Gasteiger partial charge in [0.25, 0.3) is 5.91 Å². The van der Waals surface area contributed by atoms with Crippen molar-refractivity contribution in [2.45, 2.75) is 0 Å². The largest absolute Gasteiger partial charge is 0.508 e. The lowest BCUT2D eigenvalue weighted by Gasteiger charge is -2.27. The lowest BCUT2D eigenvalue weighted by molar-refractivity contribution is 0.0303. The molecule has 7 nitrogen and oxygen atoms in total. The van der Waals surface area contributed by atoms with Gasteiger partial charge in [-0.3, -0.25) is 4.79 Å². The maximum atomic E-state index is 12.7. The standard InChI is InChI=1S/C21H20N4O3/c22-20-19(14-4-6-17(26)7-5-14)24-18(13-23-20)15-2-1-3-16(12-15)21(27)25-8-10-28-11-9-25/h1-7,12-13,26H,8-11H2,(H2,22,23). The maximum absolute atomic E-state index is 12.7. The molecule has 0 bridgehead atoms. The molecule has 0 spiro atoms. The number of phenolic OH excluding ortho intramolecular Hbond substituents is 1. The van der Waals surface area contributed by atoms with Gasteiger partial charge in [-0.05, 0) is 36.4 Å². The van der Waals surface area contributed by atoms with Crippen molar-refractivity contribution in [3.63, 3.8) is 0 Å². The minimum Gasteiger partial charge on any atom is -0.508 e. The highest BCUT2D eigenvalue weighted by Gasteiger charge is 2.19. The molecule has 1 aliphatic rings. The minimum absolute atomic E-state index is 0.0210. The summed E-state index contributed by atoms with van der Waals surface area (Å²) in [5.74, 6) is 0.447. The summed E-state index contributed by atoms with van der Waals surface area (Å²) in [6.45, 7) is 2.31. The first-order valence-corrected chi connectivity index (χ1v) is 9.01. The molecule has 4 rings (SSSR count). The molecule has 142 valence electrons. The van der Waals surface area contributed by atoms with Crippen molar-refractivity contribution in [3.8, 4) is 28.3 Å². The average Bonchev–Trinajstić information content (AvgIpc) is 2.75. The van der Waals surface area contributed by atoms with Crippen molar-refractivity contribution in [1.82, 2.24) is 14.9 Å². The Morgan fingerprint density at radius 1 is 1.07 bits per heavy atom. The van der Waals surface area contributed by atoms with Crippen LogP contribution in [0, 0.1) is 0 Å². The summed E-state index contributed by atoms with van der Waals surface area (Å²) in [7, 11) is 0. The van der Waals surface area contributed by atoms with Crippen LogP contribution in [0.3, 0.4) is 0 Å². The van der Waals surface area contributed by atoms with Gasteiger partial charge in [0, 0.05) is 29.8 Å². The van der Waals surface area contributed by atoms with E-state index in [2.05, 4.69) is 9.97 Å². The number of amides is 1.